The van der Waals surface area contributed by atoms with Crippen LogP contribution in [0.5, 0.6) is 0 Å². The van der Waals surface area contributed by atoms with Gasteiger partial charge in [0.15, 0.2) is 0 Å². The summed E-state index contributed by atoms with van der Waals surface area (Å²) < 4.78 is 13.2. The van der Waals surface area contributed by atoms with Crippen molar-refractivity contribution < 1.29 is 9.18 Å². The van der Waals surface area contributed by atoms with Gasteiger partial charge in [-0.2, -0.15) is 0 Å². The number of carbonyl (C=O) groups is 1. The summed E-state index contributed by atoms with van der Waals surface area (Å²) in [6.07, 6.45) is 9.05. The second-order valence-corrected chi connectivity index (χ2v) is 8.42. The van der Waals surface area contributed by atoms with Gasteiger partial charge < -0.3 is 15.1 Å². The molecule has 160 valence electrons. The summed E-state index contributed by atoms with van der Waals surface area (Å²) in [7, 11) is 0. The number of piperidine rings is 2. The van der Waals surface area contributed by atoms with Gasteiger partial charge in [-0.05, 0) is 49.8 Å². The Balaban J connectivity index is 1.25. The summed E-state index contributed by atoms with van der Waals surface area (Å²) in [5.41, 5.74) is 1.80. The van der Waals surface area contributed by atoms with Gasteiger partial charge in [-0.3, -0.25) is 4.79 Å². The molecule has 0 saturated carbocycles. The maximum atomic E-state index is 13.2. The van der Waals surface area contributed by atoms with Crippen LogP contribution in [0.1, 0.15) is 37.7 Å². The Morgan fingerprint density at radius 1 is 1.07 bits per heavy atom. The zero-order valence-corrected chi connectivity index (χ0v) is 17.7. The van der Waals surface area contributed by atoms with E-state index in [-0.39, 0.29) is 16.8 Å². The van der Waals surface area contributed by atoms with Crippen molar-refractivity contribution in [3.8, 4) is 0 Å². The zero-order chi connectivity index (χ0) is 20.9. The second-order valence-electron chi connectivity index (χ2n) is 8.02. The molecule has 3 heterocycles. The highest BCUT2D eigenvalue weighted by Gasteiger charge is 2.25. The van der Waals surface area contributed by atoms with E-state index in [0.717, 1.165) is 56.2 Å². The van der Waals surface area contributed by atoms with Crippen LogP contribution < -0.4 is 15.1 Å². The van der Waals surface area contributed by atoms with Crippen molar-refractivity contribution in [1.82, 2.24) is 15.3 Å². The number of nitrogens with zero attached hydrogens (tertiary/aromatic N) is 4. The third-order valence-electron chi connectivity index (χ3n) is 5.95. The van der Waals surface area contributed by atoms with E-state index in [2.05, 4.69) is 25.1 Å². The van der Waals surface area contributed by atoms with Crippen molar-refractivity contribution in [1.29, 1.82) is 0 Å². The Bertz CT molecular complexity index is 864. The predicted octanol–water partition coefficient (Wildman–Crippen LogP) is 3.79. The molecule has 6 nitrogen and oxygen atoms in total. The van der Waals surface area contributed by atoms with Crippen LogP contribution in [-0.4, -0.2) is 42.1 Å². The lowest BCUT2D eigenvalue weighted by atomic mass is 9.95. The fourth-order valence-electron chi connectivity index (χ4n) is 4.12. The fourth-order valence-corrected chi connectivity index (χ4v) is 4.32. The zero-order valence-electron chi connectivity index (χ0n) is 17.0. The second kappa shape index (κ2) is 9.60. The van der Waals surface area contributed by atoms with Crippen LogP contribution in [-0.2, 0) is 11.3 Å². The molecule has 1 amide bonds. The summed E-state index contributed by atoms with van der Waals surface area (Å²) >= 11 is 5.80. The number of hydrogen-bond donors (Lipinski definition) is 1. The molecule has 1 N–H and O–H groups in total. The van der Waals surface area contributed by atoms with Gasteiger partial charge in [0.1, 0.15) is 5.82 Å². The summed E-state index contributed by atoms with van der Waals surface area (Å²) in [5, 5.41) is 3.02. The smallest absolute Gasteiger partial charge is 0.225 e. The summed E-state index contributed by atoms with van der Waals surface area (Å²) in [5.74, 6) is 0.373. The first-order valence-corrected chi connectivity index (χ1v) is 11.0. The number of aromatic nitrogens is 2. The maximum absolute atomic E-state index is 13.2. The Labute approximate surface area is 181 Å². The molecule has 2 fully saturated rings. The number of amides is 1. The third-order valence-corrected chi connectivity index (χ3v) is 6.23. The quantitative estimate of drug-likeness (QED) is 0.780. The molecule has 0 spiro atoms. The van der Waals surface area contributed by atoms with Gasteiger partial charge in [0.2, 0.25) is 11.9 Å². The minimum absolute atomic E-state index is 0.0225. The standard InChI is InChI=1S/C22H27ClFN5O/c23-19-12-16(4-5-20(19)24)13-25-21(30)17-6-10-28(11-7-17)18-14-26-22(27-15-18)29-8-2-1-3-9-29/h4-5,12,14-15,17H,1-3,6-11,13H2,(H,25,30). The van der Waals surface area contributed by atoms with Crippen LogP contribution in [0.4, 0.5) is 16.0 Å². The maximum Gasteiger partial charge on any atom is 0.225 e. The van der Waals surface area contributed by atoms with Gasteiger partial charge in [-0.15, -0.1) is 0 Å². The normalized spacial score (nSPS) is 17.8. The van der Waals surface area contributed by atoms with Crippen LogP contribution >= 0.6 is 11.6 Å². The minimum Gasteiger partial charge on any atom is -0.369 e. The number of nitrogens with one attached hydrogen (secondary N) is 1. The van der Waals surface area contributed by atoms with Gasteiger partial charge in [0.25, 0.3) is 0 Å². The van der Waals surface area contributed by atoms with E-state index in [9.17, 15) is 9.18 Å². The lowest BCUT2D eigenvalue weighted by molar-refractivity contribution is -0.125. The van der Waals surface area contributed by atoms with E-state index in [1.54, 1.807) is 12.1 Å². The Morgan fingerprint density at radius 2 is 1.77 bits per heavy atom. The highest BCUT2D eigenvalue weighted by Crippen LogP contribution is 2.24. The van der Waals surface area contributed by atoms with E-state index < -0.39 is 5.82 Å². The van der Waals surface area contributed by atoms with Crippen molar-refractivity contribution in [2.75, 3.05) is 36.0 Å². The largest absolute Gasteiger partial charge is 0.369 e. The third kappa shape index (κ3) is 5.01. The SMILES string of the molecule is O=C(NCc1ccc(F)c(Cl)c1)C1CCN(c2cnc(N3CCCCC3)nc2)CC1. The summed E-state index contributed by atoms with van der Waals surface area (Å²) in [6, 6.07) is 4.51. The molecule has 30 heavy (non-hydrogen) atoms. The molecule has 1 aromatic carbocycles. The van der Waals surface area contributed by atoms with Gasteiger partial charge >= 0.3 is 0 Å². The van der Waals surface area contributed by atoms with Gasteiger partial charge in [0, 0.05) is 38.6 Å². The van der Waals surface area contributed by atoms with Crippen LogP contribution in [0.25, 0.3) is 0 Å². The van der Waals surface area contributed by atoms with Crippen molar-refractivity contribution in [2.24, 2.45) is 5.92 Å². The van der Waals surface area contributed by atoms with Gasteiger partial charge in [0.05, 0.1) is 23.1 Å². The Morgan fingerprint density at radius 3 is 2.43 bits per heavy atom. The molecule has 0 bridgehead atoms. The predicted molar refractivity (Wildman–Crippen MR) is 116 cm³/mol. The molecule has 0 radical (unpaired) electrons. The fraction of sp³-hybridized carbons (Fsp3) is 0.500. The molecule has 2 saturated heterocycles. The number of halogens is 2. The van der Waals surface area contributed by atoms with E-state index in [4.69, 9.17) is 11.6 Å². The molecule has 2 aromatic rings. The molecular formula is C22H27ClFN5O. The lowest BCUT2D eigenvalue weighted by Crippen LogP contribution is -2.40. The number of carbonyl (C=O) groups excluding carboxylic acids is 1. The first-order valence-electron chi connectivity index (χ1n) is 10.6. The van der Waals surface area contributed by atoms with Crippen LogP contribution in [0.3, 0.4) is 0 Å². The van der Waals surface area contributed by atoms with Crippen molar-refractivity contribution in [3.63, 3.8) is 0 Å². The lowest BCUT2D eigenvalue weighted by Gasteiger charge is -2.33. The molecular weight excluding hydrogens is 405 g/mol. The van der Waals surface area contributed by atoms with Crippen LogP contribution in [0, 0.1) is 11.7 Å². The molecule has 1 aromatic heterocycles. The Hall–Kier alpha value is -2.41. The number of benzene rings is 1. The first-order chi connectivity index (χ1) is 14.6. The van der Waals surface area contributed by atoms with E-state index in [1.165, 1.54) is 25.3 Å². The summed E-state index contributed by atoms with van der Waals surface area (Å²) in [6.45, 7) is 4.01. The molecule has 4 rings (SSSR count). The monoisotopic (exact) mass is 431 g/mol. The van der Waals surface area contributed by atoms with Gasteiger partial charge in [-0.25, -0.2) is 14.4 Å². The molecule has 2 aliphatic heterocycles. The average Bonchev–Trinajstić information content (AvgIpc) is 2.80. The highest BCUT2D eigenvalue weighted by molar-refractivity contribution is 6.30. The topological polar surface area (TPSA) is 61.4 Å². The number of anilines is 2. The van der Waals surface area contributed by atoms with Crippen molar-refractivity contribution in [3.05, 3.63) is 47.0 Å². The average molecular weight is 432 g/mol. The van der Waals surface area contributed by atoms with Crippen LogP contribution in [0.2, 0.25) is 5.02 Å². The highest BCUT2D eigenvalue weighted by atomic mass is 35.5. The van der Waals surface area contributed by atoms with E-state index in [0.29, 0.717) is 6.54 Å². The molecule has 0 atom stereocenters. The van der Waals surface area contributed by atoms with Crippen molar-refractivity contribution >= 4 is 29.1 Å². The van der Waals surface area contributed by atoms with Crippen LogP contribution in [0.15, 0.2) is 30.6 Å². The summed E-state index contributed by atoms with van der Waals surface area (Å²) in [4.78, 5) is 26.1. The molecule has 2 aliphatic rings. The molecule has 8 heteroatoms. The minimum atomic E-state index is -0.452. The van der Waals surface area contributed by atoms with Gasteiger partial charge in [-0.1, -0.05) is 17.7 Å². The van der Waals surface area contributed by atoms with Crippen molar-refractivity contribution in [2.45, 2.75) is 38.6 Å². The van der Waals surface area contributed by atoms with E-state index >= 15 is 0 Å². The number of rotatable bonds is 5. The molecule has 0 aliphatic carbocycles. The Kier molecular flexibility index (Phi) is 6.67. The molecule has 0 unspecified atom stereocenters. The number of hydrogen-bond acceptors (Lipinski definition) is 5. The van der Waals surface area contributed by atoms with E-state index in [1.807, 2.05) is 12.4 Å². The first kappa shape index (κ1) is 20.8.